The van der Waals surface area contributed by atoms with Gasteiger partial charge in [0.1, 0.15) is 0 Å². The van der Waals surface area contributed by atoms with Gasteiger partial charge in [0.25, 0.3) is 0 Å². The van der Waals surface area contributed by atoms with Crippen LogP contribution in [0.15, 0.2) is 42.5 Å². The fourth-order valence-electron chi connectivity index (χ4n) is 1.65. The second-order valence-corrected chi connectivity index (χ2v) is 3.95. The highest BCUT2D eigenvalue weighted by Gasteiger charge is 2.24. The molecule has 1 aromatic rings. The summed E-state index contributed by atoms with van der Waals surface area (Å²) in [6, 6.07) is 8.39. The fourth-order valence-corrected chi connectivity index (χ4v) is 1.65. The highest BCUT2D eigenvalue weighted by molar-refractivity contribution is 5.90. The van der Waals surface area contributed by atoms with Crippen molar-refractivity contribution in [1.29, 1.82) is 0 Å². The standard InChI is InChI=1S/C15H19NO4/c1-4-19-14(17)11(3)13(16-15(18)20-5-2)12-9-7-6-8-10-12/h6-10,13H,3-5H2,1-2H3,(H,16,18). The average molecular weight is 277 g/mol. The Labute approximate surface area is 118 Å². The maximum absolute atomic E-state index is 11.8. The molecule has 108 valence electrons. The Morgan fingerprint density at radius 3 is 2.30 bits per heavy atom. The maximum Gasteiger partial charge on any atom is 0.407 e. The Balaban J connectivity index is 2.93. The van der Waals surface area contributed by atoms with E-state index in [1.165, 1.54) is 0 Å². The Bertz CT molecular complexity index is 470. The lowest BCUT2D eigenvalue weighted by atomic mass is 10.00. The minimum Gasteiger partial charge on any atom is -0.463 e. The summed E-state index contributed by atoms with van der Waals surface area (Å²) in [5.74, 6) is -0.543. The Hall–Kier alpha value is -2.30. The smallest absolute Gasteiger partial charge is 0.407 e. The molecule has 0 aliphatic carbocycles. The van der Waals surface area contributed by atoms with Gasteiger partial charge in [0.2, 0.25) is 0 Å². The van der Waals surface area contributed by atoms with Crippen LogP contribution in [-0.2, 0) is 14.3 Å². The number of hydrogen-bond acceptors (Lipinski definition) is 4. The molecule has 0 heterocycles. The molecule has 1 N–H and O–H groups in total. The summed E-state index contributed by atoms with van der Waals surface area (Å²) in [7, 11) is 0. The Morgan fingerprint density at radius 2 is 1.75 bits per heavy atom. The van der Waals surface area contributed by atoms with Crippen LogP contribution in [0.25, 0.3) is 0 Å². The lowest BCUT2D eigenvalue weighted by Crippen LogP contribution is -2.32. The third-order valence-electron chi connectivity index (χ3n) is 2.56. The van der Waals surface area contributed by atoms with Crippen molar-refractivity contribution < 1.29 is 19.1 Å². The largest absolute Gasteiger partial charge is 0.463 e. The first-order chi connectivity index (χ1) is 9.60. The second kappa shape index (κ2) is 7.99. The van der Waals surface area contributed by atoms with E-state index in [-0.39, 0.29) is 18.8 Å². The number of hydrogen-bond donors (Lipinski definition) is 1. The minimum absolute atomic E-state index is 0.158. The van der Waals surface area contributed by atoms with E-state index in [1.54, 1.807) is 26.0 Å². The molecular formula is C15H19NO4. The molecule has 1 rings (SSSR count). The van der Waals surface area contributed by atoms with E-state index in [0.29, 0.717) is 0 Å². The summed E-state index contributed by atoms with van der Waals surface area (Å²) in [5.41, 5.74) is 0.893. The topological polar surface area (TPSA) is 64.6 Å². The molecule has 0 bridgehead atoms. The number of nitrogens with one attached hydrogen (secondary N) is 1. The molecule has 1 aromatic carbocycles. The first-order valence-corrected chi connectivity index (χ1v) is 6.44. The molecule has 5 nitrogen and oxygen atoms in total. The number of carbonyl (C=O) groups is 2. The monoisotopic (exact) mass is 277 g/mol. The first-order valence-electron chi connectivity index (χ1n) is 6.44. The highest BCUT2D eigenvalue weighted by atomic mass is 16.5. The van der Waals surface area contributed by atoms with Gasteiger partial charge < -0.3 is 14.8 Å². The van der Waals surface area contributed by atoms with Crippen LogP contribution in [0.5, 0.6) is 0 Å². The molecule has 0 fully saturated rings. The van der Waals surface area contributed by atoms with Crippen LogP contribution in [0.2, 0.25) is 0 Å². The quantitative estimate of drug-likeness (QED) is 0.641. The third kappa shape index (κ3) is 4.42. The zero-order chi connectivity index (χ0) is 15.0. The second-order valence-electron chi connectivity index (χ2n) is 3.95. The molecule has 0 saturated heterocycles. The van der Waals surface area contributed by atoms with Gasteiger partial charge in [-0.2, -0.15) is 0 Å². The van der Waals surface area contributed by atoms with Gasteiger partial charge in [-0.25, -0.2) is 9.59 Å². The summed E-state index contributed by atoms with van der Waals surface area (Å²) in [4.78, 5) is 23.4. The molecule has 0 radical (unpaired) electrons. The van der Waals surface area contributed by atoms with E-state index in [1.807, 2.05) is 18.2 Å². The first kappa shape index (κ1) is 15.8. The van der Waals surface area contributed by atoms with Gasteiger partial charge in [-0.1, -0.05) is 36.9 Å². The molecule has 0 spiro atoms. The Morgan fingerprint density at radius 1 is 1.15 bits per heavy atom. The van der Waals surface area contributed by atoms with Crippen molar-refractivity contribution >= 4 is 12.1 Å². The Kier molecular flexibility index (Phi) is 6.29. The SMILES string of the molecule is C=C(C(=O)OCC)C(NC(=O)OCC)c1ccccc1. The van der Waals surface area contributed by atoms with Crippen molar-refractivity contribution in [3.05, 3.63) is 48.0 Å². The number of esters is 1. The van der Waals surface area contributed by atoms with Crippen LogP contribution < -0.4 is 5.32 Å². The highest BCUT2D eigenvalue weighted by Crippen LogP contribution is 2.21. The summed E-state index contributed by atoms with van der Waals surface area (Å²) < 4.78 is 9.76. The van der Waals surface area contributed by atoms with E-state index < -0.39 is 18.1 Å². The third-order valence-corrected chi connectivity index (χ3v) is 2.56. The van der Waals surface area contributed by atoms with Crippen LogP contribution in [-0.4, -0.2) is 25.3 Å². The van der Waals surface area contributed by atoms with E-state index in [2.05, 4.69) is 11.9 Å². The zero-order valence-electron chi connectivity index (χ0n) is 11.7. The van der Waals surface area contributed by atoms with Crippen molar-refractivity contribution in [2.75, 3.05) is 13.2 Å². The van der Waals surface area contributed by atoms with Gasteiger partial charge in [0.05, 0.1) is 24.8 Å². The number of rotatable bonds is 6. The molecule has 1 amide bonds. The molecule has 0 aliphatic heterocycles. The predicted octanol–water partition coefficient (Wildman–Crippen LogP) is 2.59. The van der Waals surface area contributed by atoms with E-state index in [0.717, 1.165) is 5.56 Å². The van der Waals surface area contributed by atoms with Crippen LogP contribution in [0.3, 0.4) is 0 Å². The fraction of sp³-hybridized carbons (Fsp3) is 0.333. The summed E-state index contributed by atoms with van der Waals surface area (Å²) in [6.45, 7) is 7.63. The van der Waals surface area contributed by atoms with Gasteiger partial charge in [-0.15, -0.1) is 0 Å². The molecule has 5 heteroatoms. The van der Waals surface area contributed by atoms with E-state index >= 15 is 0 Å². The number of amides is 1. The molecule has 1 unspecified atom stereocenters. The van der Waals surface area contributed by atoms with Crippen molar-refractivity contribution in [3.8, 4) is 0 Å². The van der Waals surface area contributed by atoms with Gasteiger partial charge >= 0.3 is 12.1 Å². The zero-order valence-corrected chi connectivity index (χ0v) is 11.7. The van der Waals surface area contributed by atoms with Crippen LogP contribution in [0, 0.1) is 0 Å². The molecule has 0 aliphatic rings. The van der Waals surface area contributed by atoms with Crippen molar-refractivity contribution in [2.24, 2.45) is 0 Å². The van der Waals surface area contributed by atoms with Gasteiger partial charge in [-0.05, 0) is 19.4 Å². The molecular weight excluding hydrogens is 258 g/mol. The van der Waals surface area contributed by atoms with Crippen molar-refractivity contribution in [1.82, 2.24) is 5.32 Å². The number of ether oxygens (including phenoxy) is 2. The van der Waals surface area contributed by atoms with Crippen LogP contribution >= 0.6 is 0 Å². The van der Waals surface area contributed by atoms with Gasteiger partial charge in [0, 0.05) is 0 Å². The number of benzene rings is 1. The van der Waals surface area contributed by atoms with E-state index in [4.69, 9.17) is 9.47 Å². The number of alkyl carbamates (subject to hydrolysis) is 1. The number of carbonyl (C=O) groups excluding carboxylic acids is 2. The molecule has 1 atom stereocenters. The van der Waals surface area contributed by atoms with Crippen molar-refractivity contribution in [3.63, 3.8) is 0 Å². The summed E-state index contributed by atoms with van der Waals surface area (Å²) >= 11 is 0. The van der Waals surface area contributed by atoms with E-state index in [9.17, 15) is 9.59 Å². The average Bonchev–Trinajstić information content (AvgIpc) is 2.45. The van der Waals surface area contributed by atoms with Crippen LogP contribution in [0.4, 0.5) is 4.79 Å². The summed E-state index contributed by atoms with van der Waals surface area (Å²) in [6.07, 6.45) is -0.605. The lowest BCUT2D eigenvalue weighted by molar-refractivity contribution is -0.138. The van der Waals surface area contributed by atoms with Crippen LogP contribution in [0.1, 0.15) is 25.5 Å². The minimum atomic E-state index is -0.672. The van der Waals surface area contributed by atoms with Crippen molar-refractivity contribution in [2.45, 2.75) is 19.9 Å². The molecule has 0 aromatic heterocycles. The van der Waals surface area contributed by atoms with Gasteiger partial charge in [0.15, 0.2) is 0 Å². The molecule has 0 saturated carbocycles. The lowest BCUT2D eigenvalue weighted by Gasteiger charge is -2.20. The predicted molar refractivity (Wildman–Crippen MR) is 75.1 cm³/mol. The van der Waals surface area contributed by atoms with Gasteiger partial charge in [-0.3, -0.25) is 0 Å². The normalized spacial score (nSPS) is 11.3. The summed E-state index contributed by atoms with van der Waals surface area (Å²) in [5, 5.41) is 2.61. The maximum atomic E-state index is 11.8. The molecule has 20 heavy (non-hydrogen) atoms.